The number of aryl methyl sites for hydroxylation is 1. The average molecular weight is 272 g/mol. The van der Waals surface area contributed by atoms with Crippen LogP contribution in [0.4, 0.5) is 18.3 Å². The van der Waals surface area contributed by atoms with Gasteiger partial charge in [-0.2, -0.15) is 13.2 Å². The van der Waals surface area contributed by atoms with Crippen LogP contribution < -0.4 is 5.73 Å². The van der Waals surface area contributed by atoms with Crippen LogP contribution in [0, 0.1) is 6.92 Å². The zero-order valence-electron chi connectivity index (χ0n) is 9.58. The minimum atomic E-state index is -4.31. The Bertz CT molecular complexity index is 561. The van der Waals surface area contributed by atoms with Crippen molar-refractivity contribution >= 4 is 16.5 Å². The third-order valence-corrected chi connectivity index (χ3v) is 3.51. The summed E-state index contributed by atoms with van der Waals surface area (Å²) in [5.41, 5.74) is 6.31. The predicted molar refractivity (Wildman–Crippen MR) is 65.5 cm³/mol. The zero-order chi connectivity index (χ0) is 13.3. The van der Waals surface area contributed by atoms with Gasteiger partial charge in [0, 0.05) is 11.3 Å². The molecule has 1 aromatic heterocycles. The number of benzene rings is 1. The molecule has 0 bridgehead atoms. The van der Waals surface area contributed by atoms with Crippen molar-refractivity contribution in [3.8, 4) is 0 Å². The summed E-state index contributed by atoms with van der Waals surface area (Å²) in [4.78, 5) is 4.95. The van der Waals surface area contributed by atoms with Crippen molar-refractivity contribution in [1.29, 1.82) is 0 Å². The summed E-state index contributed by atoms with van der Waals surface area (Å²) in [6.07, 6.45) is -3.89. The van der Waals surface area contributed by atoms with Crippen molar-refractivity contribution < 1.29 is 13.2 Å². The molecule has 2 nitrogen and oxygen atoms in total. The predicted octanol–water partition coefficient (Wildman–Crippen LogP) is 3.64. The molecule has 1 aromatic carbocycles. The van der Waals surface area contributed by atoms with Crippen molar-refractivity contribution in [3.05, 3.63) is 46.0 Å². The molecule has 0 aliphatic carbocycles. The minimum Gasteiger partial charge on any atom is -0.375 e. The number of anilines is 1. The Morgan fingerprint density at radius 1 is 1.33 bits per heavy atom. The van der Waals surface area contributed by atoms with Crippen LogP contribution >= 0.6 is 11.3 Å². The van der Waals surface area contributed by atoms with Gasteiger partial charge in [-0.05, 0) is 18.6 Å². The standard InChI is InChI=1S/C12H11F3N2S/c1-7-10(18-11(16)17-7)6-8-3-2-4-9(5-8)12(13,14)15/h2-5H,6H2,1H3,(H2,16,17). The molecule has 0 fully saturated rings. The fraction of sp³-hybridized carbons (Fsp3) is 0.250. The summed E-state index contributed by atoms with van der Waals surface area (Å²) in [5, 5.41) is 0.439. The van der Waals surface area contributed by atoms with Crippen molar-refractivity contribution in [3.63, 3.8) is 0 Å². The molecule has 0 saturated heterocycles. The van der Waals surface area contributed by atoms with Gasteiger partial charge in [-0.1, -0.05) is 18.2 Å². The van der Waals surface area contributed by atoms with Gasteiger partial charge in [-0.25, -0.2) is 4.98 Å². The van der Waals surface area contributed by atoms with Gasteiger partial charge >= 0.3 is 6.18 Å². The number of halogens is 3. The molecule has 0 radical (unpaired) electrons. The van der Waals surface area contributed by atoms with Crippen LogP contribution in [0.3, 0.4) is 0 Å². The van der Waals surface area contributed by atoms with Crippen LogP contribution in [0.5, 0.6) is 0 Å². The molecule has 2 N–H and O–H groups in total. The molecular weight excluding hydrogens is 261 g/mol. The number of nitrogens with two attached hydrogens (primary N) is 1. The highest BCUT2D eigenvalue weighted by Gasteiger charge is 2.30. The Morgan fingerprint density at radius 3 is 2.61 bits per heavy atom. The summed E-state index contributed by atoms with van der Waals surface area (Å²) in [6.45, 7) is 1.80. The van der Waals surface area contributed by atoms with Crippen LogP contribution in [0.2, 0.25) is 0 Å². The number of thiazole rings is 1. The smallest absolute Gasteiger partial charge is 0.375 e. The number of alkyl halides is 3. The van der Waals surface area contributed by atoms with Crippen LogP contribution in [0.1, 0.15) is 21.7 Å². The summed E-state index contributed by atoms with van der Waals surface area (Å²) in [6, 6.07) is 5.31. The van der Waals surface area contributed by atoms with Gasteiger partial charge in [-0.15, -0.1) is 11.3 Å². The van der Waals surface area contributed by atoms with Crippen molar-refractivity contribution in [2.24, 2.45) is 0 Å². The van der Waals surface area contributed by atoms with Crippen molar-refractivity contribution in [1.82, 2.24) is 4.98 Å². The van der Waals surface area contributed by atoms with E-state index in [2.05, 4.69) is 4.98 Å². The lowest BCUT2D eigenvalue weighted by molar-refractivity contribution is -0.137. The van der Waals surface area contributed by atoms with Gasteiger partial charge in [-0.3, -0.25) is 0 Å². The van der Waals surface area contributed by atoms with Gasteiger partial charge in [0.15, 0.2) is 5.13 Å². The van der Waals surface area contributed by atoms with Crippen LogP contribution in [0.15, 0.2) is 24.3 Å². The maximum atomic E-state index is 12.6. The first-order chi connectivity index (χ1) is 8.36. The largest absolute Gasteiger partial charge is 0.416 e. The number of hydrogen-bond donors (Lipinski definition) is 1. The van der Waals surface area contributed by atoms with Crippen LogP contribution in [-0.4, -0.2) is 4.98 Å². The summed E-state index contributed by atoms with van der Waals surface area (Å²) in [5.74, 6) is 0. The summed E-state index contributed by atoms with van der Waals surface area (Å²) < 4.78 is 37.7. The van der Waals surface area contributed by atoms with E-state index in [1.54, 1.807) is 13.0 Å². The molecule has 18 heavy (non-hydrogen) atoms. The van der Waals surface area contributed by atoms with E-state index in [0.717, 1.165) is 22.7 Å². The third kappa shape index (κ3) is 2.81. The second kappa shape index (κ2) is 4.61. The Kier molecular flexibility index (Phi) is 3.30. The zero-order valence-corrected chi connectivity index (χ0v) is 10.4. The lowest BCUT2D eigenvalue weighted by atomic mass is 10.1. The molecule has 1 heterocycles. The van der Waals surface area contributed by atoms with Crippen molar-refractivity contribution in [2.75, 3.05) is 5.73 Å². The highest BCUT2D eigenvalue weighted by Crippen LogP contribution is 2.30. The summed E-state index contributed by atoms with van der Waals surface area (Å²) >= 11 is 1.31. The SMILES string of the molecule is Cc1nc(N)sc1Cc1cccc(C(F)(F)F)c1. The van der Waals surface area contributed by atoms with E-state index in [0.29, 0.717) is 17.1 Å². The van der Waals surface area contributed by atoms with Gasteiger partial charge in [0.2, 0.25) is 0 Å². The van der Waals surface area contributed by atoms with Crippen molar-refractivity contribution in [2.45, 2.75) is 19.5 Å². The number of aromatic nitrogens is 1. The van der Waals surface area contributed by atoms with Gasteiger partial charge < -0.3 is 5.73 Å². The first kappa shape index (κ1) is 12.9. The van der Waals surface area contributed by atoms with E-state index in [9.17, 15) is 13.2 Å². The van der Waals surface area contributed by atoms with E-state index in [-0.39, 0.29) is 0 Å². The Labute approximate surface area is 106 Å². The maximum Gasteiger partial charge on any atom is 0.416 e. The van der Waals surface area contributed by atoms with E-state index in [1.165, 1.54) is 17.4 Å². The molecule has 0 aliphatic rings. The normalized spacial score (nSPS) is 11.8. The average Bonchev–Trinajstić information content (AvgIpc) is 2.56. The molecule has 0 unspecified atom stereocenters. The molecule has 0 spiro atoms. The topological polar surface area (TPSA) is 38.9 Å². The van der Waals surface area contributed by atoms with E-state index < -0.39 is 11.7 Å². The quantitative estimate of drug-likeness (QED) is 0.906. The highest BCUT2D eigenvalue weighted by atomic mass is 32.1. The van der Waals surface area contributed by atoms with Gasteiger partial charge in [0.25, 0.3) is 0 Å². The number of nitrogens with zero attached hydrogens (tertiary/aromatic N) is 1. The Balaban J connectivity index is 2.27. The fourth-order valence-corrected chi connectivity index (χ4v) is 2.52. The third-order valence-electron chi connectivity index (χ3n) is 2.53. The fourth-order valence-electron chi connectivity index (χ4n) is 1.66. The second-order valence-electron chi connectivity index (χ2n) is 3.94. The molecule has 6 heteroatoms. The first-order valence-corrected chi connectivity index (χ1v) is 6.06. The number of hydrogen-bond acceptors (Lipinski definition) is 3. The Morgan fingerprint density at radius 2 is 2.06 bits per heavy atom. The van der Waals surface area contributed by atoms with E-state index in [1.807, 2.05) is 0 Å². The first-order valence-electron chi connectivity index (χ1n) is 5.24. The second-order valence-corrected chi connectivity index (χ2v) is 5.05. The van der Waals surface area contributed by atoms with E-state index >= 15 is 0 Å². The molecule has 2 rings (SSSR count). The molecule has 0 aliphatic heterocycles. The molecule has 96 valence electrons. The minimum absolute atomic E-state index is 0.421. The molecule has 0 atom stereocenters. The van der Waals surface area contributed by atoms with Crippen LogP contribution in [0.25, 0.3) is 0 Å². The monoisotopic (exact) mass is 272 g/mol. The van der Waals surface area contributed by atoms with Gasteiger partial charge in [0.05, 0.1) is 11.3 Å². The lowest BCUT2D eigenvalue weighted by Gasteiger charge is -2.08. The number of nitrogen functional groups attached to an aromatic ring is 1. The molecular formula is C12H11F3N2S. The molecule has 0 saturated carbocycles. The Hall–Kier alpha value is -1.56. The number of rotatable bonds is 2. The molecule has 0 amide bonds. The van der Waals surface area contributed by atoms with Crippen LogP contribution in [-0.2, 0) is 12.6 Å². The summed E-state index contributed by atoms with van der Waals surface area (Å²) in [7, 11) is 0. The molecule has 2 aromatic rings. The van der Waals surface area contributed by atoms with Gasteiger partial charge in [0.1, 0.15) is 0 Å². The highest BCUT2D eigenvalue weighted by molar-refractivity contribution is 7.15. The van der Waals surface area contributed by atoms with E-state index in [4.69, 9.17) is 5.73 Å². The lowest BCUT2D eigenvalue weighted by Crippen LogP contribution is -2.05. The maximum absolute atomic E-state index is 12.6.